The Hall–Kier alpha value is -4.31. The van der Waals surface area contributed by atoms with Gasteiger partial charge in [-0.15, -0.1) is 0 Å². The third-order valence-electron chi connectivity index (χ3n) is 4.33. The molecule has 3 aromatic rings. The maximum Gasteiger partial charge on any atom is 0.337 e. The fraction of sp³-hybridized carbons (Fsp3) is 0.0870. The highest BCUT2D eigenvalue weighted by molar-refractivity contribution is 6.09. The molecule has 7 nitrogen and oxygen atoms in total. The second-order valence-corrected chi connectivity index (χ2v) is 6.39. The van der Waals surface area contributed by atoms with Gasteiger partial charge in [0.25, 0.3) is 5.91 Å². The predicted octanol–water partition coefficient (Wildman–Crippen LogP) is 4.29. The summed E-state index contributed by atoms with van der Waals surface area (Å²) in [5, 5.41) is 21.2. The monoisotopic (exact) mass is 402 g/mol. The Morgan fingerprint density at radius 3 is 2.53 bits per heavy atom. The van der Waals surface area contributed by atoms with Crippen molar-refractivity contribution in [3.8, 4) is 23.1 Å². The summed E-state index contributed by atoms with van der Waals surface area (Å²) in [6.07, 6.45) is 1.33. The molecule has 1 amide bonds. The van der Waals surface area contributed by atoms with Gasteiger partial charge in [-0.3, -0.25) is 4.79 Å². The number of hydrogen-bond donors (Lipinski definition) is 2. The first-order chi connectivity index (χ1) is 14.4. The van der Waals surface area contributed by atoms with Gasteiger partial charge in [0.15, 0.2) is 0 Å². The molecule has 30 heavy (non-hydrogen) atoms. The Labute approximate surface area is 172 Å². The second kappa shape index (κ2) is 8.80. The number of nitrogens with zero attached hydrogens (tertiary/aromatic N) is 1. The van der Waals surface area contributed by atoms with Gasteiger partial charge < -0.3 is 19.6 Å². The summed E-state index contributed by atoms with van der Waals surface area (Å²) in [7, 11) is 1.31. The predicted molar refractivity (Wildman–Crippen MR) is 111 cm³/mol. The first-order valence-electron chi connectivity index (χ1n) is 8.92. The number of hydrogen-bond acceptors (Lipinski definition) is 6. The molecule has 0 bridgehead atoms. The average Bonchev–Trinajstić information content (AvgIpc) is 3.21. The number of nitrogens with one attached hydrogen (secondary N) is 1. The molecule has 2 N–H and O–H groups in total. The zero-order chi connectivity index (χ0) is 21.7. The summed E-state index contributed by atoms with van der Waals surface area (Å²) < 4.78 is 10.5. The Bertz CT molecular complexity index is 1170. The number of benzene rings is 2. The van der Waals surface area contributed by atoms with Gasteiger partial charge >= 0.3 is 5.97 Å². The van der Waals surface area contributed by atoms with Crippen LogP contribution in [0, 0.1) is 18.3 Å². The lowest BCUT2D eigenvalue weighted by atomic mass is 10.0. The summed E-state index contributed by atoms with van der Waals surface area (Å²) in [6, 6.07) is 16.2. The number of amides is 1. The van der Waals surface area contributed by atoms with Crippen molar-refractivity contribution in [1.29, 1.82) is 5.26 Å². The summed E-state index contributed by atoms with van der Waals surface area (Å²) in [5.41, 5.74) is 2.26. The zero-order valence-electron chi connectivity index (χ0n) is 16.3. The molecule has 3 rings (SSSR count). The standard InChI is InChI=1S/C23H18N2O5/c1-14-3-4-15(23(28)29-2)12-20(14)21-10-9-19(30-21)11-16(13-24)22(27)25-17-5-7-18(26)8-6-17/h3-12,26H,1-2H3,(H,25,27)/b16-11-. The van der Waals surface area contributed by atoms with Crippen LogP contribution >= 0.6 is 0 Å². The number of carbonyl (C=O) groups is 2. The van der Waals surface area contributed by atoms with E-state index in [4.69, 9.17) is 9.15 Å². The largest absolute Gasteiger partial charge is 0.508 e. The van der Waals surface area contributed by atoms with E-state index in [0.717, 1.165) is 5.56 Å². The van der Waals surface area contributed by atoms with E-state index in [1.54, 1.807) is 30.3 Å². The number of aromatic hydroxyl groups is 1. The first-order valence-corrected chi connectivity index (χ1v) is 8.92. The highest BCUT2D eigenvalue weighted by Crippen LogP contribution is 2.28. The minimum atomic E-state index is -0.606. The molecule has 7 heteroatoms. The minimum Gasteiger partial charge on any atom is -0.508 e. The van der Waals surface area contributed by atoms with Crippen molar-refractivity contribution >= 4 is 23.6 Å². The summed E-state index contributed by atoms with van der Waals surface area (Å²) in [6.45, 7) is 1.88. The van der Waals surface area contributed by atoms with E-state index < -0.39 is 11.9 Å². The van der Waals surface area contributed by atoms with Gasteiger partial charge in [0.2, 0.25) is 0 Å². The molecule has 1 heterocycles. The van der Waals surface area contributed by atoms with Crippen LogP contribution in [0.25, 0.3) is 17.4 Å². The number of aryl methyl sites for hydroxylation is 1. The van der Waals surface area contributed by atoms with Gasteiger partial charge in [-0.25, -0.2) is 4.79 Å². The van der Waals surface area contributed by atoms with Crippen molar-refractivity contribution in [2.75, 3.05) is 12.4 Å². The number of phenols is 1. The Morgan fingerprint density at radius 1 is 1.13 bits per heavy atom. The van der Waals surface area contributed by atoms with Crippen LogP contribution in [0.2, 0.25) is 0 Å². The van der Waals surface area contributed by atoms with E-state index in [1.165, 1.54) is 37.5 Å². The van der Waals surface area contributed by atoms with Gasteiger partial charge in [-0.1, -0.05) is 6.07 Å². The minimum absolute atomic E-state index is 0.0683. The van der Waals surface area contributed by atoms with E-state index >= 15 is 0 Å². The number of methoxy groups -OCH3 is 1. The highest BCUT2D eigenvalue weighted by atomic mass is 16.5. The number of ether oxygens (including phenoxy) is 1. The van der Waals surface area contributed by atoms with Crippen LogP contribution in [0.15, 0.2) is 64.6 Å². The normalized spacial score (nSPS) is 10.9. The smallest absolute Gasteiger partial charge is 0.337 e. The zero-order valence-corrected chi connectivity index (χ0v) is 16.3. The lowest BCUT2D eigenvalue weighted by molar-refractivity contribution is -0.112. The fourth-order valence-corrected chi connectivity index (χ4v) is 2.74. The maximum atomic E-state index is 12.4. The van der Waals surface area contributed by atoms with Crippen molar-refractivity contribution < 1.29 is 23.8 Å². The van der Waals surface area contributed by atoms with Crippen LogP contribution in [0.5, 0.6) is 5.75 Å². The van der Waals surface area contributed by atoms with Crippen LogP contribution in [0.1, 0.15) is 21.7 Å². The van der Waals surface area contributed by atoms with Crippen LogP contribution < -0.4 is 5.32 Å². The first kappa shape index (κ1) is 20.4. The molecular formula is C23H18N2O5. The summed E-state index contributed by atoms with van der Waals surface area (Å²) in [5.74, 6) is -0.199. The quantitative estimate of drug-likeness (QED) is 0.285. The number of anilines is 1. The highest BCUT2D eigenvalue weighted by Gasteiger charge is 2.14. The third kappa shape index (κ3) is 4.56. The molecule has 0 aliphatic carbocycles. The number of phenolic OH excluding ortho intramolecular Hbond substituents is 1. The molecule has 0 saturated heterocycles. The molecule has 0 aliphatic heterocycles. The van der Waals surface area contributed by atoms with Gasteiger partial charge in [0.05, 0.1) is 12.7 Å². The van der Waals surface area contributed by atoms with E-state index in [1.807, 2.05) is 13.0 Å². The fourth-order valence-electron chi connectivity index (χ4n) is 2.74. The number of esters is 1. The van der Waals surface area contributed by atoms with E-state index in [0.29, 0.717) is 28.3 Å². The molecule has 150 valence electrons. The Balaban J connectivity index is 1.85. The summed E-state index contributed by atoms with van der Waals surface area (Å²) in [4.78, 5) is 24.1. The SMILES string of the molecule is COC(=O)c1ccc(C)c(-c2ccc(/C=C(/C#N)C(=O)Nc3ccc(O)cc3)o2)c1. The molecule has 0 unspecified atom stereocenters. The Morgan fingerprint density at radius 2 is 1.87 bits per heavy atom. The summed E-state index contributed by atoms with van der Waals surface area (Å²) >= 11 is 0. The van der Waals surface area contributed by atoms with Crippen LogP contribution in [-0.4, -0.2) is 24.1 Å². The molecule has 0 aliphatic rings. The van der Waals surface area contributed by atoms with E-state index in [-0.39, 0.29) is 11.3 Å². The van der Waals surface area contributed by atoms with Crippen LogP contribution in [0.4, 0.5) is 5.69 Å². The molecule has 0 atom stereocenters. The molecule has 0 saturated carbocycles. The average molecular weight is 402 g/mol. The maximum absolute atomic E-state index is 12.4. The second-order valence-electron chi connectivity index (χ2n) is 6.39. The van der Waals surface area contributed by atoms with E-state index in [9.17, 15) is 20.0 Å². The van der Waals surface area contributed by atoms with Crippen molar-refractivity contribution in [1.82, 2.24) is 0 Å². The number of carbonyl (C=O) groups excluding carboxylic acids is 2. The van der Waals surface area contributed by atoms with Crippen LogP contribution in [0.3, 0.4) is 0 Å². The molecular weight excluding hydrogens is 384 g/mol. The number of furan rings is 1. The Kier molecular flexibility index (Phi) is 5.99. The van der Waals surface area contributed by atoms with Crippen molar-refractivity contribution in [3.05, 3.63) is 77.1 Å². The van der Waals surface area contributed by atoms with Crippen LogP contribution in [-0.2, 0) is 9.53 Å². The lowest BCUT2D eigenvalue weighted by Crippen LogP contribution is -2.13. The van der Waals surface area contributed by atoms with E-state index in [2.05, 4.69) is 5.32 Å². The van der Waals surface area contributed by atoms with Gasteiger partial charge in [0, 0.05) is 17.3 Å². The molecule has 2 aromatic carbocycles. The van der Waals surface area contributed by atoms with Gasteiger partial charge in [-0.05, 0) is 61.0 Å². The van der Waals surface area contributed by atoms with Crippen molar-refractivity contribution in [3.63, 3.8) is 0 Å². The third-order valence-corrected chi connectivity index (χ3v) is 4.33. The lowest BCUT2D eigenvalue weighted by Gasteiger charge is -2.06. The number of rotatable bonds is 5. The number of nitriles is 1. The van der Waals surface area contributed by atoms with Crippen molar-refractivity contribution in [2.45, 2.75) is 6.92 Å². The molecule has 0 spiro atoms. The van der Waals surface area contributed by atoms with Gasteiger partial charge in [0.1, 0.15) is 28.9 Å². The molecule has 0 fully saturated rings. The van der Waals surface area contributed by atoms with Gasteiger partial charge in [-0.2, -0.15) is 5.26 Å². The van der Waals surface area contributed by atoms with Crippen molar-refractivity contribution in [2.24, 2.45) is 0 Å². The molecule has 1 aromatic heterocycles. The molecule has 0 radical (unpaired) electrons. The topological polar surface area (TPSA) is 113 Å².